The summed E-state index contributed by atoms with van der Waals surface area (Å²) in [5.41, 5.74) is 4.04. The van der Waals surface area contributed by atoms with E-state index in [0.29, 0.717) is 23.0 Å². The van der Waals surface area contributed by atoms with Gasteiger partial charge in [-0.15, -0.1) is 0 Å². The number of nitrogen functional groups attached to an aromatic ring is 1. The van der Waals surface area contributed by atoms with Gasteiger partial charge >= 0.3 is 5.97 Å². The van der Waals surface area contributed by atoms with E-state index in [4.69, 9.17) is 15.2 Å². The molecule has 2 aliphatic heterocycles. The Bertz CT molecular complexity index is 1130. The highest BCUT2D eigenvalue weighted by molar-refractivity contribution is 6.10. The Morgan fingerprint density at radius 1 is 1.44 bits per heavy atom. The Morgan fingerprint density at radius 2 is 2.22 bits per heavy atom. The number of hydrogen-bond donors (Lipinski definition) is 4. The lowest BCUT2D eigenvalue weighted by Gasteiger charge is -2.28. The lowest BCUT2D eigenvalue weighted by Crippen LogP contribution is -2.44. The fraction of sp³-hybridized carbons (Fsp3) is 0.524. The van der Waals surface area contributed by atoms with Crippen LogP contribution in [0.25, 0.3) is 10.8 Å². The number of anilines is 2. The van der Waals surface area contributed by atoms with Crippen molar-refractivity contribution < 1.29 is 24.5 Å². The molecule has 0 spiro atoms. The molecule has 5 N–H and O–H groups in total. The molecule has 0 amide bonds. The quantitative estimate of drug-likeness (QED) is 0.362. The van der Waals surface area contributed by atoms with Crippen LogP contribution < -0.4 is 16.6 Å². The van der Waals surface area contributed by atoms with Gasteiger partial charge in [0.05, 0.1) is 11.7 Å². The molecule has 11 heteroatoms. The molecule has 0 radical (unpaired) electrons. The Labute approximate surface area is 183 Å². The van der Waals surface area contributed by atoms with E-state index in [2.05, 4.69) is 15.3 Å². The molecule has 0 saturated carbocycles. The molecule has 4 unspecified atom stereocenters. The van der Waals surface area contributed by atoms with Crippen molar-refractivity contribution in [3.8, 4) is 0 Å². The molecule has 0 aliphatic carbocycles. The van der Waals surface area contributed by atoms with E-state index in [1.165, 1.54) is 19.3 Å². The highest BCUT2D eigenvalue weighted by atomic mass is 16.6. The zero-order valence-electron chi connectivity index (χ0n) is 17.9. The second-order valence-electron chi connectivity index (χ2n) is 8.29. The van der Waals surface area contributed by atoms with E-state index in [1.807, 2.05) is 6.92 Å². The van der Waals surface area contributed by atoms with Crippen LogP contribution in [0.3, 0.4) is 0 Å². The normalized spacial score (nSPS) is 26.3. The number of aliphatic hydroxyl groups is 2. The SMILES string of the molecule is CCCCCC(=O)OCC1OC(n2cc3c(N)cc(=O)nc4c3c2N=CN4)C(C)(O)C1O. The van der Waals surface area contributed by atoms with Gasteiger partial charge in [-0.3, -0.25) is 9.59 Å². The van der Waals surface area contributed by atoms with Crippen molar-refractivity contribution in [2.45, 2.75) is 63.6 Å². The summed E-state index contributed by atoms with van der Waals surface area (Å²) >= 11 is 0. The van der Waals surface area contributed by atoms with Crippen LogP contribution in [-0.2, 0) is 14.3 Å². The summed E-state index contributed by atoms with van der Waals surface area (Å²) in [4.78, 5) is 32.2. The number of carbonyl (C=O) groups excluding carboxylic acids is 1. The smallest absolute Gasteiger partial charge is 0.305 e. The van der Waals surface area contributed by atoms with Crippen molar-refractivity contribution in [3.63, 3.8) is 0 Å². The maximum Gasteiger partial charge on any atom is 0.305 e. The molecule has 1 fully saturated rings. The summed E-state index contributed by atoms with van der Waals surface area (Å²) in [5, 5.41) is 25.6. The molecule has 11 nitrogen and oxygen atoms in total. The average Bonchev–Trinajstić information content (AvgIpc) is 3.18. The monoisotopic (exact) mass is 445 g/mol. The van der Waals surface area contributed by atoms with Gasteiger partial charge in [0, 0.05) is 29.8 Å². The second-order valence-corrected chi connectivity index (χ2v) is 8.29. The van der Waals surface area contributed by atoms with Crippen LogP contribution in [-0.4, -0.2) is 56.5 Å². The number of aliphatic hydroxyl groups excluding tert-OH is 1. The molecule has 2 aromatic rings. The van der Waals surface area contributed by atoms with Gasteiger partial charge in [-0.2, -0.15) is 4.98 Å². The van der Waals surface area contributed by atoms with Gasteiger partial charge in [0.2, 0.25) is 0 Å². The van der Waals surface area contributed by atoms with Crippen molar-refractivity contribution >= 4 is 40.4 Å². The van der Waals surface area contributed by atoms with Crippen LogP contribution in [0.4, 0.5) is 17.3 Å². The number of ether oxygens (including phenoxy) is 2. The predicted molar refractivity (Wildman–Crippen MR) is 118 cm³/mol. The van der Waals surface area contributed by atoms with Gasteiger partial charge in [-0.25, -0.2) is 4.99 Å². The number of carbonyl (C=O) groups is 1. The van der Waals surface area contributed by atoms with E-state index >= 15 is 0 Å². The van der Waals surface area contributed by atoms with E-state index in [9.17, 15) is 19.8 Å². The van der Waals surface area contributed by atoms with Gasteiger partial charge in [0.1, 0.15) is 36.1 Å². The molecule has 0 bridgehead atoms. The van der Waals surface area contributed by atoms with Crippen molar-refractivity contribution in [2.75, 3.05) is 17.7 Å². The number of nitrogens with zero attached hydrogens (tertiary/aromatic N) is 3. The molecule has 32 heavy (non-hydrogen) atoms. The molecule has 172 valence electrons. The summed E-state index contributed by atoms with van der Waals surface area (Å²) in [7, 11) is 0. The molecular formula is C21H27N5O6. The van der Waals surface area contributed by atoms with Crippen molar-refractivity contribution in [2.24, 2.45) is 4.99 Å². The number of rotatable bonds is 7. The summed E-state index contributed by atoms with van der Waals surface area (Å²) in [6, 6.07) is 1.20. The standard InChI is InChI=1S/C21H27N5O6/c1-3-4-5-6-15(28)31-9-13-17(29)21(2,30)20(32-13)26-8-11-12(22)7-14(27)25-18-16(11)19(26)24-10-23-18/h7-8,10,13,17,20,29-30H,3-6,9,22H2,1-2H3,(H,23,24,25,27). The van der Waals surface area contributed by atoms with Gasteiger partial charge in [0.25, 0.3) is 5.56 Å². The van der Waals surface area contributed by atoms with Crippen LogP contribution in [0, 0.1) is 0 Å². The summed E-state index contributed by atoms with van der Waals surface area (Å²) in [6.07, 6.45) is 2.60. The number of nitrogens with two attached hydrogens (primary N) is 1. The number of aromatic nitrogens is 2. The third-order valence-electron chi connectivity index (χ3n) is 5.84. The van der Waals surface area contributed by atoms with Crippen LogP contribution in [0.1, 0.15) is 45.8 Å². The summed E-state index contributed by atoms with van der Waals surface area (Å²) in [6.45, 7) is 3.29. The van der Waals surface area contributed by atoms with Crippen LogP contribution in [0.2, 0.25) is 0 Å². The van der Waals surface area contributed by atoms with Crippen LogP contribution >= 0.6 is 0 Å². The molecule has 0 aromatic carbocycles. The van der Waals surface area contributed by atoms with Crippen molar-refractivity contribution in [3.05, 3.63) is 22.6 Å². The second kappa shape index (κ2) is 8.49. The number of nitrogens with one attached hydrogen (secondary N) is 1. The van der Waals surface area contributed by atoms with E-state index in [-0.39, 0.29) is 24.1 Å². The predicted octanol–water partition coefficient (Wildman–Crippen LogP) is 1.20. The van der Waals surface area contributed by atoms with Crippen LogP contribution in [0.15, 0.2) is 22.1 Å². The fourth-order valence-electron chi connectivity index (χ4n) is 4.09. The molecule has 1 saturated heterocycles. The lowest BCUT2D eigenvalue weighted by molar-refractivity contribution is -0.150. The topological polar surface area (TPSA) is 161 Å². The van der Waals surface area contributed by atoms with Gasteiger partial charge in [-0.1, -0.05) is 19.8 Å². The van der Waals surface area contributed by atoms with Crippen LogP contribution in [0.5, 0.6) is 0 Å². The molecule has 2 aliphatic rings. The third-order valence-corrected chi connectivity index (χ3v) is 5.84. The van der Waals surface area contributed by atoms with Crippen molar-refractivity contribution in [1.82, 2.24) is 9.55 Å². The first-order valence-electron chi connectivity index (χ1n) is 10.6. The first-order chi connectivity index (χ1) is 15.2. The van der Waals surface area contributed by atoms with E-state index in [1.54, 1.807) is 10.8 Å². The molecule has 2 aromatic heterocycles. The number of esters is 1. The zero-order chi connectivity index (χ0) is 23.0. The first-order valence-corrected chi connectivity index (χ1v) is 10.6. The average molecular weight is 445 g/mol. The third kappa shape index (κ3) is 3.83. The Kier molecular flexibility index (Phi) is 5.89. The highest BCUT2D eigenvalue weighted by Gasteiger charge is 2.54. The zero-order valence-corrected chi connectivity index (χ0v) is 17.9. The Balaban J connectivity index is 1.63. The number of unbranched alkanes of at least 4 members (excludes halogenated alkanes) is 2. The molecule has 4 atom stereocenters. The lowest BCUT2D eigenvalue weighted by atomic mass is 9.96. The van der Waals surface area contributed by atoms with E-state index in [0.717, 1.165) is 19.3 Å². The minimum Gasteiger partial charge on any atom is -0.463 e. The van der Waals surface area contributed by atoms with Gasteiger partial charge in [0.15, 0.2) is 6.23 Å². The first kappa shape index (κ1) is 22.2. The van der Waals surface area contributed by atoms with E-state index < -0.39 is 29.6 Å². The summed E-state index contributed by atoms with van der Waals surface area (Å²) in [5.74, 6) is 0.263. The minimum atomic E-state index is -1.72. The number of aliphatic imine (C=N–C) groups is 1. The minimum absolute atomic E-state index is 0.191. The maximum atomic E-state index is 12.0. The van der Waals surface area contributed by atoms with Gasteiger partial charge < -0.3 is 35.3 Å². The molecule has 4 heterocycles. The molecular weight excluding hydrogens is 418 g/mol. The maximum absolute atomic E-state index is 12.0. The Morgan fingerprint density at radius 3 is 2.97 bits per heavy atom. The Hall–Kier alpha value is -3.02. The summed E-state index contributed by atoms with van der Waals surface area (Å²) < 4.78 is 12.7. The molecule has 4 rings (SSSR count). The van der Waals surface area contributed by atoms with Crippen molar-refractivity contribution in [1.29, 1.82) is 0 Å². The van der Waals surface area contributed by atoms with Gasteiger partial charge in [-0.05, 0) is 13.3 Å². The largest absolute Gasteiger partial charge is 0.463 e. The fourth-order valence-corrected chi connectivity index (χ4v) is 4.09. The highest BCUT2D eigenvalue weighted by Crippen LogP contribution is 2.45. The number of hydrogen-bond acceptors (Lipinski definition) is 10.